The zero-order chi connectivity index (χ0) is 21.7. The van der Waals surface area contributed by atoms with Gasteiger partial charge in [0.15, 0.2) is 0 Å². The highest BCUT2D eigenvalue weighted by Crippen LogP contribution is 2.24. The second kappa shape index (κ2) is 9.77. The third-order valence-electron chi connectivity index (χ3n) is 4.82. The first-order chi connectivity index (χ1) is 14.3. The van der Waals surface area contributed by atoms with Crippen LogP contribution < -0.4 is 11.1 Å². The van der Waals surface area contributed by atoms with Crippen molar-refractivity contribution in [3.63, 3.8) is 0 Å². The van der Waals surface area contributed by atoms with Crippen LogP contribution in [-0.2, 0) is 23.9 Å². The minimum atomic E-state index is -1.42. The summed E-state index contributed by atoms with van der Waals surface area (Å²) >= 11 is 1.58. The number of nitrogens with zero attached hydrogens (tertiary/aromatic N) is 1. The summed E-state index contributed by atoms with van der Waals surface area (Å²) in [6.45, 7) is -0.147. The van der Waals surface area contributed by atoms with Crippen LogP contribution in [0.3, 0.4) is 0 Å². The van der Waals surface area contributed by atoms with E-state index in [1.807, 2.05) is 36.4 Å². The number of thioether (sulfide) groups is 1. The summed E-state index contributed by atoms with van der Waals surface area (Å²) in [4.78, 5) is 50.5. The summed E-state index contributed by atoms with van der Waals surface area (Å²) in [7, 11) is 0. The molecule has 160 valence electrons. The van der Waals surface area contributed by atoms with Gasteiger partial charge in [-0.3, -0.25) is 19.2 Å². The Morgan fingerprint density at radius 2 is 2.00 bits per heavy atom. The number of aliphatic hydroxyl groups is 1. The third kappa shape index (κ3) is 5.61. The van der Waals surface area contributed by atoms with Crippen LogP contribution in [0, 0.1) is 5.92 Å². The molecule has 0 saturated carbocycles. The Labute approximate surface area is 177 Å². The lowest BCUT2D eigenvalue weighted by atomic mass is 10.0. The first-order valence-electron chi connectivity index (χ1n) is 9.44. The smallest absolute Gasteiger partial charge is 0.310 e. The van der Waals surface area contributed by atoms with Crippen molar-refractivity contribution in [3.8, 4) is 0 Å². The number of esters is 1. The van der Waals surface area contributed by atoms with E-state index >= 15 is 0 Å². The van der Waals surface area contributed by atoms with Crippen LogP contribution in [0.2, 0.25) is 0 Å². The van der Waals surface area contributed by atoms with Gasteiger partial charge in [-0.25, -0.2) is 0 Å². The first kappa shape index (κ1) is 21.8. The van der Waals surface area contributed by atoms with Gasteiger partial charge in [-0.15, -0.1) is 11.8 Å². The number of primary amides is 1. The molecule has 3 amide bonds. The summed E-state index contributed by atoms with van der Waals surface area (Å²) < 4.78 is 4.59. The number of nitrogens with two attached hydrogens (primary N) is 1. The molecule has 1 saturated heterocycles. The fraction of sp³-hybridized carbons (Fsp3) is 0.400. The van der Waals surface area contributed by atoms with Crippen molar-refractivity contribution in [3.05, 3.63) is 42.0 Å². The SMILES string of the molecule is NC(=O)C1CC=C(CSc2ccccc2)CN(CC(=O)NC2CC(=O)OC2O)C1=O. The molecule has 30 heavy (non-hydrogen) atoms. The molecule has 1 aromatic carbocycles. The fourth-order valence-electron chi connectivity index (χ4n) is 3.26. The van der Waals surface area contributed by atoms with Crippen molar-refractivity contribution >= 4 is 35.5 Å². The molecule has 3 rings (SSSR count). The normalized spacial score (nSPS) is 24.1. The highest BCUT2D eigenvalue weighted by molar-refractivity contribution is 7.99. The van der Waals surface area contributed by atoms with E-state index in [4.69, 9.17) is 5.73 Å². The average molecular weight is 433 g/mol. The summed E-state index contributed by atoms with van der Waals surface area (Å²) in [6, 6.07) is 8.85. The van der Waals surface area contributed by atoms with Gasteiger partial charge in [0.25, 0.3) is 0 Å². The molecular weight excluding hydrogens is 410 g/mol. The van der Waals surface area contributed by atoms with E-state index in [0.29, 0.717) is 5.75 Å². The number of carbonyl (C=O) groups is 4. The molecule has 3 atom stereocenters. The van der Waals surface area contributed by atoms with Gasteiger partial charge in [-0.05, 0) is 24.1 Å². The number of cyclic esters (lactones) is 1. The lowest BCUT2D eigenvalue weighted by Gasteiger charge is -2.25. The number of benzene rings is 1. The molecular formula is C20H23N3O6S. The molecule has 10 heteroatoms. The number of hydrogen-bond acceptors (Lipinski definition) is 7. The Balaban J connectivity index is 1.66. The Morgan fingerprint density at radius 3 is 2.63 bits per heavy atom. The third-order valence-corrected chi connectivity index (χ3v) is 5.94. The summed E-state index contributed by atoms with van der Waals surface area (Å²) in [5, 5.41) is 12.1. The number of allylic oxidation sites excluding steroid dienone is 1. The van der Waals surface area contributed by atoms with E-state index in [0.717, 1.165) is 10.5 Å². The van der Waals surface area contributed by atoms with Crippen molar-refractivity contribution in [2.24, 2.45) is 11.7 Å². The van der Waals surface area contributed by atoms with Crippen molar-refractivity contribution in [2.75, 3.05) is 18.8 Å². The molecule has 4 N–H and O–H groups in total. The van der Waals surface area contributed by atoms with E-state index in [1.54, 1.807) is 11.8 Å². The molecule has 0 bridgehead atoms. The summed E-state index contributed by atoms with van der Waals surface area (Å²) in [5.41, 5.74) is 6.28. The van der Waals surface area contributed by atoms with Crippen molar-refractivity contribution in [2.45, 2.75) is 30.1 Å². The Morgan fingerprint density at radius 1 is 1.27 bits per heavy atom. The largest absolute Gasteiger partial charge is 0.434 e. The number of hydrogen-bond donors (Lipinski definition) is 3. The maximum Gasteiger partial charge on any atom is 0.310 e. The first-order valence-corrected chi connectivity index (χ1v) is 10.4. The van der Waals surface area contributed by atoms with E-state index in [2.05, 4.69) is 10.1 Å². The zero-order valence-electron chi connectivity index (χ0n) is 16.2. The van der Waals surface area contributed by atoms with Gasteiger partial charge in [0.2, 0.25) is 24.0 Å². The molecule has 2 aliphatic heterocycles. The van der Waals surface area contributed by atoms with E-state index < -0.39 is 41.9 Å². The second-order valence-electron chi connectivity index (χ2n) is 7.11. The van der Waals surface area contributed by atoms with E-state index in [9.17, 15) is 24.3 Å². The Bertz CT molecular complexity index is 859. The average Bonchev–Trinajstić information content (AvgIpc) is 2.92. The molecule has 0 radical (unpaired) electrons. The maximum atomic E-state index is 12.8. The number of amides is 3. The fourth-order valence-corrected chi connectivity index (χ4v) is 4.17. The van der Waals surface area contributed by atoms with Crippen LogP contribution in [0.5, 0.6) is 0 Å². The highest BCUT2D eigenvalue weighted by atomic mass is 32.2. The number of ether oxygens (including phenoxy) is 1. The van der Waals surface area contributed by atoms with Crippen molar-refractivity contribution in [1.82, 2.24) is 10.2 Å². The van der Waals surface area contributed by atoms with Crippen LogP contribution in [-0.4, -0.2) is 64.9 Å². The van der Waals surface area contributed by atoms with Gasteiger partial charge in [0.05, 0.1) is 13.0 Å². The molecule has 0 spiro atoms. The molecule has 0 aromatic heterocycles. The predicted molar refractivity (Wildman–Crippen MR) is 108 cm³/mol. The summed E-state index contributed by atoms with van der Waals surface area (Å²) in [5.74, 6) is -2.90. The number of aliphatic hydroxyl groups excluding tert-OH is 1. The van der Waals surface area contributed by atoms with Gasteiger partial charge in [0.1, 0.15) is 12.0 Å². The standard InChI is InChI=1S/C20H23N3O6S/c21-18(26)14-7-6-12(11-30-13-4-2-1-3-5-13)9-23(19(14)27)10-16(24)22-15-8-17(25)29-20(15)28/h1-6,14-15,20,28H,7-11H2,(H2,21,26)(H,22,24). The minimum absolute atomic E-state index is 0.149. The lowest BCUT2D eigenvalue weighted by molar-refractivity contribution is -0.155. The quantitative estimate of drug-likeness (QED) is 0.234. The Hall–Kier alpha value is -2.85. The molecule has 3 unspecified atom stereocenters. The topological polar surface area (TPSA) is 139 Å². The van der Waals surface area contributed by atoms with Gasteiger partial charge in [0, 0.05) is 17.2 Å². The monoisotopic (exact) mass is 433 g/mol. The second-order valence-corrected chi connectivity index (χ2v) is 8.16. The predicted octanol–water partition coefficient (Wildman–Crippen LogP) is -0.211. The molecule has 1 aromatic rings. The van der Waals surface area contributed by atoms with E-state index in [1.165, 1.54) is 4.90 Å². The van der Waals surface area contributed by atoms with Crippen molar-refractivity contribution < 1.29 is 29.0 Å². The lowest BCUT2D eigenvalue weighted by Crippen LogP contribution is -2.49. The molecule has 2 heterocycles. The van der Waals surface area contributed by atoms with Crippen LogP contribution >= 0.6 is 11.8 Å². The van der Waals surface area contributed by atoms with Crippen LogP contribution in [0.15, 0.2) is 46.9 Å². The van der Waals surface area contributed by atoms with Gasteiger partial charge >= 0.3 is 5.97 Å². The summed E-state index contributed by atoms with van der Waals surface area (Å²) in [6.07, 6.45) is 0.441. The molecule has 1 fully saturated rings. The minimum Gasteiger partial charge on any atom is -0.434 e. The van der Waals surface area contributed by atoms with E-state index in [-0.39, 0.29) is 25.9 Å². The van der Waals surface area contributed by atoms with Crippen LogP contribution in [0.1, 0.15) is 12.8 Å². The van der Waals surface area contributed by atoms with Crippen LogP contribution in [0.25, 0.3) is 0 Å². The number of nitrogens with one attached hydrogen (secondary N) is 1. The molecule has 0 aliphatic carbocycles. The van der Waals surface area contributed by atoms with Crippen molar-refractivity contribution in [1.29, 1.82) is 0 Å². The van der Waals surface area contributed by atoms with Gasteiger partial charge < -0.3 is 25.8 Å². The van der Waals surface area contributed by atoms with Gasteiger partial charge in [-0.1, -0.05) is 24.3 Å². The number of carbonyl (C=O) groups excluding carboxylic acids is 4. The van der Waals surface area contributed by atoms with Gasteiger partial charge in [-0.2, -0.15) is 0 Å². The zero-order valence-corrected chi connectivity index (χ0v) is 17.0. The highest BCUT2D eigenvalue weighted by Gasteiger charge is 2.36. The molecule has 9 nitrogen and oxygen atoms in total. The molecule has 2 aliphatic rings. The maximum absolute atomic E-state index is 12.8. The number of rotatable bonds is 7. The van der Waals surface area contributed by atoms with Crippen LogP contribution in [0.4, 0.5) is 0 Å². The Kier molecular flexibility index (Phi) is 7.11.